The van der Waals surface area contributed by atoms with Crippen molar-refractivity contribution >= 4 is 17.6 Å². The van der Waals surface area contributed by atoms with Crippen molar-refractivity contribution in [3.63, 3.8) is 0 Å². The number of aliphatic carboxylic acids is 1. The van der Waals surface area contributed by atoms with E-state index in [0.717, 1.165) is 5.56 Å². The monoisotopic (exact) mass is 242 g/mol. The maximum Gasteiger partial charge on any atom is 0.304 e. The van der Waals surface area contributed by atoms with Crippen LogP contribution in [0.15, 0.2) is 18.2 Å². The fourth-order valence-corrected chi connectivity index (χ4v) is 2.00. The predicted octanol–water partition coefficient (Wildman–Crippen LogP) is 3.10. The highest BCUT2D eigenvalue weighted by molar-refractivity contribution is 6.31. The van der Waals surface area contributed by atoms with Gasteiger partial charge in [0.2, 0.25) is 0 Å². The molecule has 0 fully saturated rings. The van der Waals surface area contributed by atoms with Gasteiger partial charge in [0.25, 0.3) is 0 Å². The van der Waals surface area contributed by atoms with Crippen LogP contribution < -0.4 is 4.74 Å². The van der Waals surface area contributed by atoms with E-state index in [1.807, 2.05) is 13.8 Å². The number of carbonyl (C=O) groups is 1. The van der Waals surface area contributed by atoms with Crippen LogP contribution in [-0.4, -0.2) is 18.2 Å². The SMILES string of the molecule is COc1ccc(Cl)c(C(C)(C)CC(=O)O)c1. The average Bonchev–Trinajstić information content (AvgIpc) is 2.16. The number of hydrogen-bond donors (Lipinski definition) is 1. The summed E-state index contributed by atoms with van der Waals surface area (Å²) in [4.78, 5) is 10.8. The summed E-state index contributed by atoms with van der Waals surface area (Å²) in [7, 11) is 1.57. The molecule has 0 aromatic heterocycles. The van der Waals surface area contributed by atoms with Crippen molar-refractivity contribution in [2.75, 3.05) is 7.11 Å². The zero-order chi connectivity index (χ0) is 12.3. The third kappa shape index (κ3) is 2.89. The molecular weight excluding hydrogens is 228 g/mol. The number of methoxy groups -OCH3 is 1. The summed E-state index contributed by atoms with van der Waals surface area (Å²) >= 11 is 6.07. The smallest absolute Gasteiger partial charge is 0.304 e. The average molecular weight is 243 g/mol. The first kappa shape index (κ1) is 12.8. The minimum atomic E-state index is -0.844. The summed E-state index contributed by atoms with van der Waals surface area (Å²) in [5.41, 5.74) is 0.271. The van der Waals surface area contributed by atoms with Crippen LogP contribution in [0.4, 0.5) is 0 Å². The highest BCUT2D eigenvalue weighted by atomic mass is 35.5. The molecule has 0 aliphatic heterocycles. The zero-order valence-electron chi connectivity index (χ0n) is 9.58. The van der Waals surface area contributed by atoms with Gasteiger partial charge in [0, 0.05) is 10.4 Å². The van der Waals surface area contributed by atoms with Crippen LogP contribution in [0.3, 0.4) is 0 Å². The molecule has 1 aromatic carbocycles. The van der Waals surface area contributed by atoms with Crippen molar-refractivity contribution in [2.45, 2.75) is 25.7 Å². The molecule has 16 heavy (non-hydrogen) atoms. The Labute approximate surface area is 100.0 Å². The highest BCUT2D eigenvalue weighted by Crippen LogP contribution is 2.35. The van der Waals surface area contributed by atoms with Gasteiger partial charge >= 0.3 is 5.97 Å². The van der Waals surface area contributed by atoms with Crippen LogP contribution in [0.25, 0.3) is 0 Å². The Kier molecular flexibility index (Phi) is 3.81. The topological polar surface area (TPSA) is 46.5 Å². The van der Waals surface area contributed by atoms with Crippen molar-refractivity contribution in [3.8, 4) is 5.75 Å². The van der Waals surface area contributed by atoms with Crippen molar-refractivity contribution in [1.29, 1.82) is 0 Å². The lowest BCUT2D eigenvalue weighted by molar-refractivity contribution is -0.138. The molecular formula is C12H15ClO3. The zero-order valence-corrected chi connectivity index (χ0v) is 10.3. The lowest BCUT2D eigenvalue weighted by Crippen LogP contribution is -2.22. The quantitative estimate of drug-likeness (QED) is 0.883. The third-order valence-corrected chi connectivity index (χ3v) is 2.83. The lowest BCUT2D eigenvalue weighted by atomic mass is 9.81. The molecule has 0 aliphatic rings. The van der Waals surface area contributed by atoms with E-state index in [4.69, 9.17) is 21.4 Å². The van der Waals surface area contributed by atoms with E-state index in [1.54, 1.807) is 25.3 Å². The molecule has 0 heterocycles. The number of benzene rings is 1. The van der Waals surface area contributed by atoms with Gasteiger partial charge in [-0.05, 0) is 23.8 Å². The molecule has 88 valence electrons. The van der Waals surface area contributed by atoms with E-state index in [-0.39, 0.29) is 6.42 Å². The number of hydrogen-bond acceptors (Lipinski definition) is 2. The van der Waals surface area contributed by atoms with E-state index in [9.17, 15) is 4.79 Å². The summed E-state index contributed by atoms with van der Waals surface area (Å²) < 4.78 is 5.10. The number of halogens is 1. The Morgan fingerprint density at radius 3 is 2.62 bits per heavy atom. The summed E-state index contributed by atoms with van der Waals surface area (Å²) in [6.07, 6.45) is 0.0277. The van der Waals surface area contributed by atoms with Crippen LogP contribution in [0.5, 0.6) is 5.75 Å². The standard InChI is InChI=1S/C12H15ClO3/c1-12(2,7-11(14)15)9-6-8(16-3)4-5-10(9)13/h4-6H,7H2,1-3H3,(H,14,15). The molecule has 1 rings (SSSR count). The van der Waals surface area contributed by atoms with Gasteiger partial charge in [-0.3, -0.25) is 4.79 Å². The normalized spacial score (nSPS) is 11.2. The second-order valence-corrected chi connectivity index (χ2v) is 4.71. The predicted molar refractivity (Wildman–Crippen MR) is 63.3 cm³/mol. The first-order chi connectivity index (χ1) is 7.36. The van der Waals surface area contributed by atoms with Crippen LogP contribution in [-0.2, 0) is 10.2 Å². The molecule has 1 N–H and O–H groups in total. The van der Waals surface area contributed by atoms with Crippen molar-refractivity contribution in [3.05, 3.63) is 28.8 Å². The van der Waals surface area contributed by atoms with Gasteiger partial charge in [-0.15, -0.1) is 0 Å². The molecule has 0 radical (unpaired) electrons. The Morgan fingerprint density at radius 2 is 2.12 bits per heavy atom. The molecule has 0 saturated carbocycles. The molecule has 0 saturated heterocycles. The number of rotatable bonds is 4. The van der Waals surface area contributed by atoms with Gasteiger partial charge in [0.15, 0.2) is 0 Å². The summed E-state index contributed by atoms with van der Waals surface area (Å²) in [6.45, 7) is 3.70. The minimum Gasteiger partial charge on any atom is -0.497 e. The van der Waals surface area contributed by atoms with Gasteiger partial charge in [-0.2, -0.15) is 0 Å². The molecule has 3 nitrogen and oxygen atoms in total. The third-order valence-electron chi connectivity index (χ3n) is 2.50. The second kappa shape index (κ2) is 4.74. The lowest BCUT2D eigenvalue weighted by Gasteiger charge is -2.24. The molecule has 0 aliphatic carbocycles. The van der Waals surface area contributed by atoms with Crippen molar-refractivity contribution in [2.24, 2.45) is 0 Å². The Hall–Kier alpha value is -1.22. The number of carboxylic acids is 1. The van der Waals surface area contributed by atoms with E-state index in [0.29, 0.717) is 10.8 Å². The molecule has 0 unspecified atom stereocenters. The summed E-state index contributed by atoms with van der Waals surface area (Å²) in [6, 6.07) is 5.26. The molecule has 1 aromatic rings. The molecule has 0 spiro atoms. The van der Waals surface area contributed by atoms with Gasteiger partial charge in [-0.1, -0.05) is 25.4 Å². The molecule has 0 bridgehead atoms. The first-order valence-corrected chi connectivity index (χ1v) is 5.30. The Morgan fingerprint density at radius 1 is 1.50 bits per heavy atom. The fraction of sp³-hybridized carbons (Fsp3) is 0.417. The number of carboxylic acid groups (broad SMARTS) is 1. The van der Waals surface area contributed by atoms with Gasteiger partial charge < -0.3 is 9.84 Å². The van der Waals surface area contributed by atoms with E-state index in [2.05, 4.69) is 0 Å². The second-order valence-electron chi connectivity index (χ2n) is 4.30. The van der Waals surface area contributed by atoms with E-state index in [1.165, 1.54) is 0 Å². The maximum absolute atomic E-state index is 10.8. The fourth-order valence-electron chi connectivity index (χ4n) is 1.62. The maximum atomic E-state index is 10.8. The summed E-state index contributed by atoms with van der Waals surface area (Å²) in [5, 5.41) is 9.42. The van der Waals surface area contributed by atoms with Gasteiger partial charge in [0.1, 0.15) is 5.75 Å². The Bertz CT molecular complexity index is 399. The van der Waals surface area contributed by atoms with E-state index < -0.39 is 11.4 Å². The number of ether oxygens (including phenoxy) is 1. The van der Waals surface area contributed by atoms with Crippen LogP contribution >= 0.6 is 11.6 Å². The van der Waals surface area contributed by atoms with Gasteiger partial charge in [-0.25, -0.2) is 0 Å². The molecule has 4 heteroatoms. The molecule has 0 amide bonds. The Balaban J connectivity index is 3.14. The van der Waals surface area contributed by atoms with Crippen LogP contribution in [0.1, 0.15) is 25.8 Å². The molecule has 0 atom stereocenters. The minimum absolute atomic E-state index is 0.0277. The van der Waals surface area contributed by atoms with Crippen molar-refractivity contribution < 1.29 is 14.6 Å². The largest absolute Gasteiger partial charge is 0.497 e. The van der Waals surface area contributed by atoms with E-state index >= 15 is 0 Å². The van der Waals surface area contributed by atoms with Crippen LogP contribution in [0, 0.1) is 0 Å². The van der Waals surface area contributed by atoms with Crippen molar-refractivity contribution in [1.82, 2.24) is 0 Å². The highest BCUT2D eigenvalue weighted by Gasteiger charge is 2.26. The first-order valence-electron chi connectivity index (χ1n) is 4.92. The van der Waals surface area contributed by atoms with Gasteiger partial charge in [0.05, 0.1) is 13.5 Å². The van der Waals surface area contributed by atoms with Crippen LogP contribution in [0.2, 0.25) is 5.02 Å². The summed E-state index contributed by atoms with van der Waals surface area (Å²) in [5.74, 6) is -0.165.